The number of hydrogen-bond acceptors (Lipinski definition) is 4. The number of amides is 1. The van der Waals surface area contributed by atoms with Gasteiger partial charge in [-0.1, -0.05) is 36.4 Å². The number of hydrogen-bond donors (Lipinski definition) is 0. The molecule has 1 fully saturated rings. The molecule has 0 spiro atoms. The van der Waals surface area contributed by atoms with E-state index in [1.165, 1.54) is 12.1 Å². The second-order valence-corrected chi connectivity index (χ2v) is 9.11. The molecule has 0 N–H and O–H groups in total. The van der Waals surface area contributed by atoms with Crippen LogP contribution in [0.3, 0.4) is 0 Å². The fourth-order valence-electron chi connectivity index (χ4n) is 4.72. The van der Waals surface area contributed by atoms with E-state index >= 15 is 0 Å². The van der Waals surface area contributed by atoms with Crippen molar-refractivity contribution in [2.75, 3.05) is 26.2 Å². The predicted molar refractivity (Wildman–Crippen MR) is 131 cm³/mol. The Balaban J connectivity index is 1.34. The number of carbonyl (C=O) groups is 1. The summed E-state index contributed by atoms with van der Waals surface area (Å²) in [5, 5.41) is 5.40. The highest BCUT2D eigenvalue weighted by Gasteiger charge is 2.31. The van der Waals surface area contributed by atoms with Crippen LogP contribution in [0.25, 0.3) is 16.7 Å². The Hall–Kier alpha value is -3.72. The van der Waals surface area contributed by atoms with Gasteiger partial charge in [-0.2, -0.15) is 18.3 Å². The Labute approximate surface area is 207 Å². The molecule has 1 aliphatic heterocycles. The van der Waals surface area contributed by atoms with Gasteiger partial charge in [-0.25, -0.2) is 9.67 Å². The lowest BCUT2D eigenvalue weighted by Crippen LogP contribution is -2.48. The average Bonchev–Trinajstić information content (AvgIpc) is 3.20. The minimum Gasteiger partial charge on any atom is -0.336 e. The number of para-hydroxylation sites is 1. The van der Waals surface area contributed by atoms with Crippen LogP contribution in [0, 0.1) is 13.8 Å². The number of alkyl halides is 3. The molecule has 0 saturated carbocycles. The van der Waals surface area contributed by atoms with E-state index in [9.17, 15) is 18.0 Å². The van der Waals surface area contributed by atoms with Gasteiger partial charge in [-0.3, -0.25) is 9.69 Å². The highest BCUT2D eigenvalue weighted by atomic mass is 19.4. The fraction of sp³-hybridized carbons (Fsp3) is 0.296. The van der Waals surface area contributed by atoms with Gasteiger partial charge in [0.25, 0.3) is 5.91 Å². The van der Waals surface area contributed by atoms with Crippen molar-refractivity contribution >= 4 is 16.9 Å². The lowest BCUT2D eigenvalue weighted by molar-refractivity contribution is -0.137. The topological polar surface area (TPSA) is 54.3 Å². The first kappa shape index (κ1) is 24.0. The largest absolute Gasteiger partial charge is 0.416 e. The third-order valence-electron chi connectivity index (χ3n) is 6.49. The molecule has 6 nitrogen and oxygen atoms in total. The minimum atomic E-state index is -4.36. The Bertz CT molecular complexity index is 1410. The smallest absolute Gasteiger partial charge is 0.336 e. The molecule has 1 aliphatic rings. The molecule has 9 heteroatoms. The van der Waals surface area contributed by atoms with E-state index < -0.39 is 11.7 Å². The SMILES string of the molecule is Cc1cc(C(=O)N2CCN(Cc3cccc(C(F)(F)F)c3)CC2)c2c(C)nn(-c3ccccc3)c2n1. The maximum atomic E-state index is 13.6. The molecule has 0 unspecified atom stereocenters. The minimum absolute atomic E-state index is 0.0834. The van der Waals surface area contributed by atoms with E-state index in [0.717, 1.165) is 28.5 Å². The molecule has 0 atom stereocenters. The molecule has 4 aromatic rings. The normalized spacial score (nSPS) is 15.0. The number of nitrogens with zero attached hydrogens (tertiary/aromatic N) is 5. The summed E-state index contributed by atoms with van der Waals surface area (Å²) in [7, 11) is 0. The van der Waals surface area contributed by atoms with Crippen LogP contribution in [-0.4, -0.2) is 56.7 Å². The van der Waals surface area contributed by atoms with Crippen molar-refractivity contribution in [1.29, 1.82) is 0 Å². The molecule has 0 radical (unpaired) electrons. The van der Waals surface area contributed by atoms with Crippen LogP contribution in [0.4, 0.5) is 13.2 Å². The quantitative estimate of drug-likeness (QED) is 0.401. The van der Waals surface area contributed by atoms with Crippen molar-refractivity contribution in [2.24, 2.45) is 0 Å². The van der Waals surface area contributed by atoms with Gasteiger partial charge in [0.15, 0.2) is 5.65 Å². The predicted octanol–water partition coefficient (Wildman–Crippen LogP) is 5.01. The standard InChI is InChI=1S/C27H26F3N5O/c1-18-15-23(24-19(2)32-35(25(24)31-18)22-9-4-3-5-10-22)26(36)34-13-11-33(12-14-34)17-20-7-6-8-21(16-20)27(28,29)30/h3-10,15-16H,11-14,17H2,1-2H3. The third-order valence-corrected chi connectivity index (χ3v) is 6.49. The van der Waals surface area contributed by atoms with Crippen molar-refractivity contribution in [2.45, 2.75) is 26.6 Å². The number of rotatable bonds is 4. The van der Waals surface area contributed by atoms with E-state index in [0.29, 0.717) is 49.5 Å². The van der Waals surface area contributed by atoms with Crippen molar-refractivity contribution in [3.63, 3.8) is 0 Å². The van der Waals surface area contributed by atoms with Crippen LogP contribution in [0.15, 0.2) is 60.7 Å². The summed E-state index contributed by atoms with van der Waals surface area (Å²) in [4.78, 5) is 22.2. The number of halogens is 3. The van der Waals surface area contributed by atoms with Gasteiger partial charge < -0.3 is 4.90 Å². The summed E-state index contributed by atoms with van der Waals surface area (Å²) < 4.78 is 40.9. The molecule has 0 aliphatic carbocycles. The van der Waals surface area contributed by atoms with Gasteiger partial charge in [-0.05, 0) is 43.7 Å². The van der Waals surface area contributed by atoms with E-state index in [4.69, 9.17) is 0 Å². The highest BCUT2D eigenvalue weighted by molar-refractivity contribution is 6.06. The van der Waals surface area contributed by atoms with Crippen LogP contribution >= 0.6 is 0 Å². The van der Waals surface area contributed by atoms with E-state index in [-0.39, 0.29) is 5.91 Å². The monoisotopic (exact) mass is 493 g/mol. The molecule has 0 bridgehead atoms. The number of carbonyl (C=O) groups excluding carboxylic acids is 1. The first-order valence-corrected chi connectivity index (χ1v) is 11.8. The highest BCUT2D eigenvalue weighted by Crippen LogP contribution is 2.30. The second-order valence-electron chi connectivity index (χ2n) is 9.11. The zero-order valence-corrected chi connectivity index (χ0v) is 20.1. The molecule has 5 rings (SSSR count). The van der Waals surface area contributed by atoms with Crippen molar-refractivity contribution in [3.05, 3.63) is 88.7 Å². The lowest BCUT2D eigenvalue weighted by Gasteiger charge is -2.35. The Kier molecular flexibility index (Phi) is 6.26. The average molecular weight is 494 g/mol. The second kappa shape index (κ2) is 9.39. The number of pyridine rings is 1. The van der Waals surface area contributed by atoms with Gasteiger partial charge in [0.05, 0.1) is 27.9 Å². The number of piperazine rings is 1. The first-order chi connectivity index (χ1) is 17.2. The molecule has 3 heterocycles. The third kappa shape index (κ3) is 4.70. The van der Waals surface area contributed by atoms with E-state index in [1.54, 1.807) is 15.6 Å². The molecule has 2 aromatic carbocycles. The summed E-state index contributed by atoms with van der Waals surface area (Å²) >= 11 is 0. The van der Waals surface area contributed by atoms with E-state index in [1.807, 2.05) is 50.2 Å². The van der Waals surface area contributed by atoms with Crippen molar-refractivity contribution in [1.82, 2.24) is 24.6 Å². The molecule has 36 heavy (non-hydrogen) atoms. The van der Waals surface area contributed by atoms with Gasteiger partial charge in [0.1, 0.15) is 0 Å². The number of aromatic nitrogens is 3. The summed E-state index contributed by atoms with van der Waals surface area (Å²) in [6, 6.07) is 16.9. The van der Waals surface area contributed by atoms with Crippen LogP contribution in [0.5, 0.6) is 0 Å². The zero-order valence-electron chi connectivity index (χ0n) is 20.1. The molecule has 186 valence electrons. The lowest BCUT2D eigenvalue weighted by atomic mass is 10.1. The first-order valence-electron chi connectivity index (χ1n) is 11.8. The number of fused-ring (bicyclic) bond motifs is 1. The fourth-order valence-corrected chi connectivity index (χ4v) is 4.72. The molecular weight excluding hydrogens is 467 g/mol. The van der Waals surface area contributed by atoms with Gasteiger partial charge in [0.2, 0.25) is 0 Å². The Morgan fingerprint density at radius 1 is 0.944 bits per heavy atom. The van der Waals surface area contributed by atoms with Crippen LogP contribution in [0.1, 0.15) is 32.9 Å². The molecule has 1 saturated heterocycles. The van der Waals surface area contributed by atoms with Gasteiger partial charge >= 0.3 is 6.18 Å². The maximum Gasteiger partial charge on any atom is 0.416 e. The Morgan fingerprint density at radius 3 is 2.36 bits per heavy atom. The van der Waals surface area contributed by atoms with Crippen LogP contribution < -0.4 is 0 Å². The van der Waals surface area contributed by atoms with Crippen LogP contribution in [0.2, 0.25) is 0 Å². The van der Waals surface area contributed by atoms with Gasteiger partial charge in [-0.15, -0.1) is 0 Å². The summed E-state index contributed by atoms with van der Waals surface area (Å²) in [6.07, 6.45) is -4.36. The Morgan fingerprint density at radius 2 is 1.67 bits per heavy atom. The summed E-state index contributed by atoms with van der Waals surface area (Å²) in [5.41, 5.74) is 3.51. The molecule has 2 aromatic heterocycles. The molecular formula is C27H26F3N5O. The number of benzene rings is 2. The molecule has 1 amide bonds. The number of aryl methyl sites for hydroxylation is 2. The van der Waals surface area contributed by atoms with Crippen molar-refractivity contribution in [3.8, 4) is 5.69 Å². The summed E-state index contributed by atoms with van der Waals surface area (Å²) in [5.74, 6) is -0.0834. The zero-order chi connectivity index (χ0) is 25.4. The van der Waals surface area contributed by atoms with Crippen LogP contribution in [-0.2, 0) is 12.7 Å². The maximum absolute atomic E-state index is 13.6. The van der Waals surface area contributed by atoms with Crippen molar-refractivity contribution < 1.29 is 18.0 Å². The van der Waals surface area contributed by atoms with E-state index in [2.05, 4.69) is 15.0 Å². The van der Waals surface area contributed by atoms with Gasteiger partial charge in [0, 0.05) is 38.4 Å². The summed E-state index contributed by atoms with van der Waals surface area (Å²) in [6.45, 7) is 6.30.